The van der Waals surface area contributed by atoms with Gasteiger partial charge in [0.1, 0.15) is 0 Å². The van der Waals surface area contributed by atoms with Crippen LogP contribution in [0.4, 0.5) is 0 Å². The first-order chi connectivity index (χ1) is 8.68. The second-order valence-corrected chi connectivity index (χ2v) is 5.77. The predicted molar refractivity (Wildman–Crippen MR) is 66.3 cm³/mol. The van der Waals surface area contributed by atoms with Gasteiger partial charge in [-0.05, 0) is 46.2 Å². The van der Waals surface area contributed by atoms with E-state index in [-0.39, 0.29) is 5.54 Å². The van der Waals surface area contributed by atoms with Gasteiger partial charge in [0.25, 0.3) is 0 Å². The maximum absolute atomic E-state index is 5.50. The summed E-state index contributed by atoms with van der Waals surface area (Å²) in [6.45, 7) is 8.11. The highest BCUT2D eigenvalue weighted by atomic mass is 16.5. The molecule has 3 rings (SSSR count). The van der Waals surface area contributed by atoms with Crippen molar-refractivity contribution < 1.29 is 9.26 Å². The minimum Gasteiger partial charge on any atom is -0.381 e. The Labute approximate surface area is 107 Å². The average molecular weight is 251 g/mol. The molecule has 3 heterocycles. The van der Waals surface area contributed by atoms with Crippen molar-refractivity contribution >= 4 is 0 Å². The van der Waals surface area contributed by atoms with Gasteiger partial charge in [-0.1, -0.05) is 5.16 Å². The van der Waals surface area contributed by atoms with Gasteiger partial charge in [0.05, 0.1) is 12.1 Å². The van der Waals surface area contributed by atoms with E-state index in [9.17, 15) is 0 Å². The van der Waals surface area contributed by atoms with Gasteiger partial charge in [0.2, 0.25) is 5.89 Å². The molecule has 1 aromatic rings. The molecule has 0 amide bonds. The fraction of sp³-hybridized carbons (Fsp3) is 0.846. The molecular weight excluding hydrogens is 230 g/mol. The summed E-state index contributed by atoms with van der Waals surface area (Å²) in [7, 11) is 0. The molecule has 0 N–H and O–H groups in total. The SMILES string of the molecule is CC(C)(c1nc([C@H]2CCOC2)no1)N1CCCC1. The van der Waals surface area contributed by atoms with Gasteiger partial charge in [-0.15, -0.1) is 0 Å². The molecule has 5 heteroatoms. The van der Waals surface area contributed by atoms with Gasteiger partial charge < -0.3 is 9.26 Å². The number of ether oxygens (including phenoxy) is 1. The summed E-state index contributed by atoms with van der Waals surface area (Å²) in [6, 6.07) is 0. The molecule has 0 saturated carbocycles. The van der Waals surface area contributed by atoms with E-state index < -0.39 is 0 Å². The largest absolute Gasteiger partial charge is 0.381 e. The molecule has 0 bridgehead atoms. The van der Waals surface area contributed by atoms with Crippen molar-refractivity contribution in [2.75, 3.05) is 26.3 Å². The van der Waals surface area contributed by atoms with E-state index in [1.807, 2.05) is 0 Å². The molecule has 2 saturated heterocycles. The molecule has 5 nitrogen and oxygen atoms in total. The van der Waals surface area contributed by atoms with E-state index in [1.54, 1.807) is 0 Å². The molecule has 2 aliphatic rings. The van der Waals surface area contributed by atoms with Crippen LogP contribution < -0.4 is 0 Å². The lowest BCUT2D eigenvalue weighted by molar-refractivity contribution is 0.112. The monoisotopic (exact) mass is 251 g/mol. The minimum absolute atomic E-state index is 0.152. The van der Waals surface area contributed by atoms with Gasteiger partial charge in [-0.25, -0.2) is 0 Å². The lowest BCUT2D eigenvalue weighted by atomic mass is 10.0. The van der Waals surface area contributed by atoms with Crippen molar-refractivity contribution in [1.82, 2.24) is 15.0 Å². The summed E-state index contributed by atoms with van der Waals surface area (Å²) >= 11 is 0. The van der Waals surface area contributed by atoms with Crippen LogP contribution in [0.2, 0.25) is 0 Å². The van der Waals surface area contributed by atoms with Crippen LogP contribution in [0.5, 0.6) is 0 Å². The molecule has 0 radical (unpaired) electrons. The Morgan fingerprint density at radius 3 is 2.72 bits per heavy atom. The number of rotatable bonds is 3. The zero-order chi connectivity index (χ0) is 12.6. The van der Waals surface area contributed by atoms with Gasteiger partial charge in [-0.3, -0.25) is 4.90 Å². The maximum atomic E-state index is 5.50. The lowest BCUT2D eigenvalue weighted by Gasteiger charge is -2.31. The zero-order valence-electron chi connectivity index (χ0n) is 11.2. The van der Waals surface area contributed by atoms with E-state index in [0.29, 0.717) is 5.92 Å². The molecule has 100 valence electrons. The average Bonchev–Trinajstić information content (AvgIpc) is 3.12. The summed E-state index contributed by atoms with van der Waals surface area (Å²) in [6.07, 6.45) is 3.53. The third-order valence-electron chi connectivity index (χ3n) is 4.16. The van der Waals surface area contributed by atoms with Crippen molar-refractivity contribution in [2.45, 2.75) is 44.6 Å². The van der Waals surface area contributed by atoms with Crippen LogP contribution in [0.15, 0.2) is 4.52 Å². The van der Waals surface area contributed by atoms with Crippen LogP contribution in [0, 0.1) is 0 Å². The summed E-state index contributed by atoms with van der Waals surface area (Å²) in [5.74, 6) is 1.87. The van der Waals surface area contributed by atoms with Crippen molar-refractivity contribution in [3.63, 3.8) is 0 Å². The molecule has 2 aliphatic heterocycles. The molecule has 1 aromatic heterocycles. The van der Waals surface area contributed by atoms with Crippen LogP contribution in [0.25, 0.3) is 0 Å². The van der Waals surface area contributed by atoms with Gasteiger partial charge in [-0.2, -0.15) is 4.98 Å². The second kappa shape index (κ2) is 4.63. The first kappa shape index (κ1) is 12.1. The highest BCUT2D eigenvalue weighted by molar-refractivity contribution is 5.05. The third kappa shape index (κ3) is 2.06. The Morgan fingerprint density at radius 1 is 1.28 bits per heavy atom. The Morgan fingerprint density at radius 2 is 2.06 bits per heavy atom. The third-order valence-corrected chi connectivity index (χ3v) is 4.16. The number of hydrogen-bond donors (Lipinski definition) is 0. The van der Waals surface area contributed by atoms with Gasteiger partial charge in [0.15, 0.2) is 5.82 Å². The quantitative estimate of drug-likeness (QED) is 0.821. The van der Waals surface area contributed by atoms with E-state index in [4.69, 9.17) is 9.26 Å². The summed E-state index contributed by atoms with van der Waals surface area (Å²) in [5.41, 5.74) is -0.152. The number of aromatic nitrogens is 2. The molecule has 18 heavy (non-hydrogen) atoms. The summed E-state index contributed by atoms with van der Waals surface area (Å²) in [4.78, 5) is 7.04. The predicted octanol–water partition coefficient (Wildman–Crippen LogP) is 1.90. The molecule has 0 aromatic carbocycles. The van der Waals surface area contributed by atoms with Crippen LogP contribution in [0.3, 0.4) is 0 Å². The van der Waals surface area contributed by atoms with Gasteiger partial charge >= 0.3 is 0 Å². The molecule has 0 spiro atoms. The Kier molecular flexibility index (Phi) is 3.11. The van der Waals surface area contributed by atoms with Crippen molar-refractivity contribution in [3.8, 4) is 0 Å². The Balaban J connectivity index is 1.78. The lowest BCUT2D eigenvalue weighted by Crippen LogP contribution is -2.39. The van der Waals surface area contributed by atoms with Crippen LogP contribution in [-0.4, -0.2) is 41.3 Å². The van der Waals surface area contributed by atoms with Crippen LogP contribution >= 0.6 is 0 Å². The molecule has 2 fully saturated rings. The van der Waals surface area contributed by atoms with E-state index in [1.165, 1.54) is 12.8 Å². The molecule has 0 unspecified atom stereocenters. The van der Waals surface area contributed by atoms with Crippen molar-refractivity contribution in [3.05, 3.63) is 11.7 Å². The summed E-state index contributed by atoms with van der Waals surface area (Å²) in [5, 5.41) is 4.14. The molecular formula is C13H21N3O2. The summed E-state index contributed by atoms with van der Waals surface area (Å²) < 4.78 is 10.9. The minimum atomic E-state index is -0.152. The molecule has 1 atom stereocenters. The highest BCUT2D eigenvalue weighted by Gasteiger charge is 2.36. The Bertz CT molecular complexity index is 404. The Hall–Kier alpha value is -0.940. The number of nitrogens with zero attached hydrogens (tertiary/aromatic N) is 3. The van der Waals surface area contributed by atoms with E-state index in [2.05, 4.69) is 28.9 Å². The normalized spacial score (nSPS) is 26.0. The maximum Gasteiger partial charge on any atom is 0.246 e. The zero-order valence-corrected chi connectivity index (χ0v) is 11.2. The van der Waals surface area contributed by atoms with Crippen LogP contribution in [-0.2, 0) is 10.3 Å². The first-order valence-corrected chi connectivity index (χ1v) is 6.85. The van der Waals surface area contributed by atoms with E-state index >= 15 is 0 Å². The fourth-order valence-corrected chi connectivity index (χ4v) is 2.80. The van der Waals surface area contributed by atoms with Crippen molar-refractivity contribution in [2.24, 2.45) is 0 Å². The van der Waals surface area contributed by atoms with E-state index in [0.717, 1.165) is 44.4 Å². The molecule has 0 aliphatic carbocycles. The second-order valence-electron chi connectivity index (χ2n) is 5.77. The fourth-order valence-electron chi connectivity index (χ4n) is 2.80. The number of likely N-dealkylation sites (tertiary alicyclic amines) is 1. The standard InChI is InChI=1S/C13H21N3O2/c1-13(2,16-6-3-4-7-16)12-14-11(15-18-12)10-5-8-17-9-10/h10H,3-9H2,1-2H3/t10-/m0/s1. The highest BCUT2D eigenvalue weighted by Crippen LogP contribution is 2.31. The first-order valence-electron chi connectivity index (χ1n) is 6.85. The van der Waals surface area contributed by atoms with Crippen molar-refractivity contribution in [1.29, 1.82) is 0 Å². The van der Waals surface area contributed by atoms with Gasteiger partial charge in [0, 0.05) is 12.5 Å². The number of hydrogen-bond acceptors (Lipinski definition) is 5. The van der Waals surface area contributed by atoms with Crippen LogP contribution in [0.1, 0.15) is 50.7 Å². The topological polar surface area (TPSA) is 51.4 Å². The smallest absolute Gasteiger partial charge is 0.246 e.